The molecule has 0 saturated carbocycles. The van der Waals surface area contributed by atoms with E-state index in [1.54, 1.807) is 13.0 Å². The standard InChI is InChI=1S/C26H29Cl2NO2/c1-5-14-26(4)16-22(19-8-7-9-21(28)15-19)24(18-10-12-20(27)13-11-18)29(25(26)31)23(6-2)17(3)30/h5,7-13,15,22-24H,1,6,14,16H2,2-4H3/t22?,23-,24+,26-/m0/s1. The Morgan fingerprint density at radius 3 is 2.42 bits per heavy atom. The van der Waals surface area contributed by atoms with E-state index in [2.05, 4.69) is 12.6 Å². The molecule has 4 atom stereocenters. The van der Waals surface area contributed by atoms with Crippen LogP contribution in [0.4, 0.5) is 0 Å². The molecule has 0 radical (unpaired) electrons. The van der Waals surface area contributed by atoms with E-state index in [0.29, 0.717) is 29.3 Å². The summed E-state index contributed by atoms with van der Waals surface area (Å²) < 4.78 is 0. The largest absolute Gasteiger partial charge is 0.325 e. The average molecular weight is 458 g/mol. The predicted octanol–water partition coefficient (Wildman–Crippen LogP) is 7.00. The van der Waals surface area contributed by atoms with Crippen molar-refractivity contribution in [2.45, 2.75) is 58.0 Å². The van der Waals surface area contributed by atoms with Crippen molar-refractivity contribution in [2.24, 2.45) is 5.41 Å². The number of halogens is 2. The van der Waals surface area contributed by atoms with Gasteiger partial charge in [-0.05, 0) is 61.6 Å². The summed E-state index contributed by atoms with van der Waals surface area (Å²) in [5, 5.41) is 1.28. The van der Waals surface area contributed by atoms with Gasteiger partial charge >= 0.3 is 0 Å². The van der Waals surface area contributed by atoms with Gasteiger partial charge in [0.05, 0.1) is 17.5 Å². The van der Waals surface area contributed by atoms with Crippen molar-refractivity contribution in [1.82, 2.24) is 4.90 Å². The number of ketones is 1. The Hall–Kier alpha value is -2.10. The Balaban J connectivity index is 2.25. The van der Waals surface area contributed by atoms with Crippen LogP contribution >= 0.6 is 23.2 Å². The lowest BCUT2D eigenvalue weighted by Crippen LogP contribution is -2.57. The first-order valence-corrected chi connectivity index (χ1v) is 11.4. The van der Waals surface area contributed by atoms with Crippen LogP contribution < -0.4 is 0 Å². The Morgan fingerprint density at radius 2 is 1.87 bits per heavy atom. The molecule has 0 aliphatic carbocycles. The molecule has 0 spiro atoms. The van der Waals surface area contributed by atoms with Crippen molar-refractivity contribution in [3.8, 4) is 0 Å². The molecule has 3 nitrogen and oxygen atoms in total. The molecule has 2 aromatic rings. The van der Waals surface area contributed by atoms with Gasteiger partial charge in [-0.1, -0.05) is 67.4 Å². The highest BCUT2D eigenvalue weighted by Gasteiger charge is 2.51. The van der Waals surface area contributed by atoms with Crippen LogP contribution in [0.3, 0.4) is 0 Å². The van der Waals surface area contributed by atoms with E-state index in [1.807, 2.05) is 61.2 Å². The molecule has 1 saturated heterocycles. The van der Waals surface area contributed by atoms with E-state index >= 15 is 0 Å². The summed E-state index contributed by atoms with van der Waals surface area (Å²) in [7, 11) is 0. The number of amides is 1. The van der Waals surface area contributed by atoms with Crippen LogP contribution in [0.15, 0.2) is 61.2 Å². The monoisotopic (exact) mass is 457 g/mol. The second-order valence-electron chi connectivity index (χ2n) is 8.66. The maximum Gasteiger partial charge on any atom is 0.229 e. The van der Waals surface area contributed by atoms with Gasteiger partial charge in [0.2, 0.25) is 5.91 Å². The Labute approximate surface area is 195 Å². The fourth-order valence-corrected chi connectivity index (χ4v) is 5.24. The number of allylic oxidation sites excluding steroid dienone is 1. The molecule has 164 valence electrons. The first-order chi connectivity index (χ1) is 14.7. The summed E-state index contributed by atoms with van der Waals surface area (Å²) in [6.07, 6.45) is 3.53. The lowest BCUT2D eigenvalue weighted by Gasteiger charge is -2.51. The summed E-state index contributed by atoms with van der Waals surface area (Å²) >= 11 is 12.5. The van der Waals surface area contributed by atoms with Crippen LogP contribution in [0, 0.1) is 5.41 Å². The normalized spacial score (nSPS) is 24.7. The van der Waals surface area contributed by atoms with Crippen molar-refractivity contribution in [2.75, 3.05) is 0 Å². The van der Waals surface area contributed by atoms with Crippen molar-refractivity contribution < 1.29 is 9.59 Å². The van der Waals surface area contributed by atoms with Gasteiger partial charge in [0.25, 0.3) is 0 Å². The van der Waals surface area contributed by atoms with Crippen LogP contribution in [0.25, 0.3) is 0 Å². The van der Waals surface area contributed by atoms with Gasteiger partial charge in [-0.15, -0.1) is 6.58 Å². The lowest BCUT2D eigenvalue weighted by atomic mass is 9.67. The molecule has 1 amide bonds. The molecule has 0 bridgehead atoms. The topological polar surface area (TPSA) is 37.4 Å². The zero-order valence-corrected chi connectivity index (χ0v) is 19.8. The van der Waals surface area contributed by atoms with Crippen molar-refractivity contribution >= 4 is 34.9 Å². The third-order valence-electron chi connectivity index (χ3n) is 6.38. The summed E-state index contributed by atoms with van der Waals surface area (Å²) in [6.45, 7) is 9.38. The molecule has 1 unspecified atom stereocenters. The smallest absolute Gasteiger partial charge is 0.229 e. The number of Topliss-reactive ketones (excluding diaryl/α,β-unsaturated/α-hetero) is 1. The number of carbonyl (C=O) groups is 2. The number of nitrogens with zero attached hydrogens (tertiary/aromatic N) is 1. The molecule has 1 fully saturated rings. The molecule has 2 aromatic carbocycles. The molecule has 1 heterocycles. The highest BCUT2D eigenvalue weighted by atomic mass is 35.5. The SMILES string of the molecule is C=CC[C@@]1(C)CC(c2cccc(Cl)c2)[C@@H](c2ccc(Cl)cc2)N([C@@H](CC)C(C)=O)C1=O. The molecule has 0 N–H and O–H groups in total. The minimum Gasteiger partial charge on any atom is -0.325 e. The minimum absolute atomic E-state index is 0.00678. The molecular weight excluding hydrogens is 429 g/mol. The van der Waals surface area contributed by atoms with E-state index < -0.39 is 11.5 Å². The molecule has 31 heavy (non-hydrogen) atoms. The number of piperidine rings is 1. The predicted molar refractivity (Wildman–Crippen MR) is 128 cm³/mol. The van der Waals surface area contributed by atoms with Gasteiger partial charge in [-0.2, -0.15) is 0 Å². The fourth-order valence-electron chi connectivity index (χ4n) is 4.91. The summed E-state index contributed by atoms with van der Waals surface area (Å²) in [5.41, 5.74) is 1.36. The number of benzene rings is 2. The summed E-state index contributed by atoms with van der Waals surface area (Å²) in [5.74, 6) is -0.0499. The minimum atomic E-state index is -0.652. The zero-order valence-electron chi connectivity index (χ0n) is 18.3. The van der Waals surface area contributed by atoms with E-state index in [0.717, 1.165) is 11.1 Å². The van der Waals surface area contributed by atoms with E-state index in [-0.39, 0.29) is 23.7 Å². The van der Waals surface area contributed by atoms with Gasteiger partial charge in [0.15, 0.2) is 5.78 Å². The first-order valence-electron chi connectivity index (χ1n) is 10.7. The molecule has 1 aliphatic rings. The second kappa shape index (κ2) is 9.58. The quantitative estimate of drug-likeness (QED) is 0.419. The third-order valence-corrected chi connectivity index (χ3v) is 6.86. The number of hydrogen-bond donors (Lipinski definition) is 0. The summed E-state index contributed by atoms with van der Waals surface area (Å²) in [6, 6.07) is 14.6. The maximum absolute atomic E-state index is 13.9. The van der Waals surface area contributed by atoms with Gasteiger partial charge in [0, 0.05) is 16.0 Å². The maximum atomic E-state index is 13.9. The van der Waals surface area contributed by atoms with Crippen LogP contribution in [-0.4, -0.2) is 22.6 Å². The fraction of sp³-hybridized carbons (Fsp3) is 0.385. The Bertz CT molecular complexity index is 972. The molecule has 5 heteroatoms. The average Bonchev–Trinajstić information content (AvgIpc) is 2.72. The summed E-state index contributed by atoms with van der Waals surface area (Å²) in [4.78, 5) is 28.4. The van der Waals surface area contributed by atoms with E-state index in [9.17, 15) is 9.59 Å². The number of hydrogen-bond acceptors (Lipinski definition) is 2. The first kappa shape index (κ1) is 23.6. The Morgan fingerprint density at radius 1 is 1.19 bits per heavy atom. The molecule has 1 aliphatic heterocycles. The molecular formula is C26H29Cl2NO2. The van der Waals surface area contributed by atoms with Crippen molar-refractivity contribution in [3.05, 3.63) is 82.4 Å². The number of likely N-dealkylation sites (tertiary alicyclic amines) is 1. The van der Waals surface area contributed by atoms with Gasteiger partial charge in [0.1, 0.15) is 0 Å². The second-order valence-corrected chi connectivity index (χ2v) is 9.54. The van der Waals surface area contributed by atoms with Gasteiger partial charge in [-0.25, -0.2) is 0 Å². The molecule has 0 aromatic heterocycles. The number of carbonyl (C=O) groups excluding carboxylic acids is 2. The van der Waals surface area contributed by atoms with Gasteiger partial charge in [-0.3, -0.25) is 9.59 Å². The van der Waals surface area contributed by atoms with Crippen LogP contribution in [0.1, 0.15) is 63.1 Å². The number of rotatable bonds is 7. The van der Waals surface area contributed by atoms with Gasteiger partial charge < -0.3 is 4.90 Å². The van der Waals surface area contributed by atoms with E-state index in [1.165, 1.54) is 0 Å². The highest BCUT2D eigenvalue weighted by molar-refractivity contribution is 6.30. The lowest BCUT2D eigenvalue weighted by molar-refractivity contribution is -0.157. The Kier molecular flexibility index (Phi) is 7.28. The third kappa shape index (κ3) is 4.73. The van der Waals surface area contributed by atoms with Crippen molar-refractivity contribution in [1.29, 1.82) is 0 Å². The zero-order chi connectivity index (χ0) is 22.8. The van der Waals surface area contributed by atoms with Crippen LogP contribution in [-0.2, 0) is 9.59 Å². The van der Waals surface area contributed by atoms with Crippen molar-refractivity contribution in [3.63, 3.8) is 0 Å². The van der Waals surface area contributed by atoms with Crippen LogP contribution in [0.5, 0.6) is 0 Å². The molecule has 3 rings (SSSR count). The highest BCUT2D eigenvalue weighted by Crippen LogP contribution is 2.52. The van der Waals surface area contributed by atoms with E-state index in [4.69, 9.17) is 23.2 Å². The van der Waals surface area contributed by atoms with Crippen LogP contribution in [0.2, 0.25) is 10.0 Å².